The highest BCUT2D eigenvalue weighted by Crippen LogP contribution is 2.32. The third-order valence-electron chi connectivity index (χ3n) is 2.84. The highest BCUT2D eigenvalue weighted by atomic mass is 16.5. The fraction of sp³-hybridized carbons (Fsp3) is 0.727. The van der Waals surface area contributed by atoms with Crippen molar-refractivity contribution in [3.63, 3.8) is 0 Å². The highest BCUT2D eigenvalue weighted by Gasteiger charge is 2.32. The first-order valence-electron chi connectivity index (χ1n) is 5.09. The summed E-state index contributed by atoms with van der Waals surface area (Å²) in [6.07, 6.45) is 4.32. The molecular formula is C11H18O3. The number of ether oxygens (including phenoxy) is 2. The van der Waals surface area contributed by atoms with Gasteiger partial charge in [0, 0.05) is 18.1 Å². The quantitative estimate of drug-likeness (QED) is 0.511. The predicted molar refractivity (Wildman–Crippen MR) is 53.9 cm³/mol. The maximum absolute atomic E-state index is 10.9. The smallest absolute Gasteiger partial charge is 0.330 e. The van der Waals surface area contributed by atoms with Crippen LogP contribution in [0.5, 0.6) is 0 Å². The zero-order valence-corrected chi connectivity index (χ0v) is 8.75. The van der Waals surface area contributed by atoms with Crippen molar-refractivity contribution >= 4 is 5.97 Å². The number of hydrogen-bond acceptors (Lipinski definition) is 3. The molecule has 0 spiro atoms. The molecule has 1 heterocycles. The van der Waals surface area contributed by atoms with Crippen LogP contribution in [0.4, 0.5) is 0 Å². The molecule has 3 nitrogen and oxygen atoms in total. The summed E-state index contributed by atoms with van der Waals surface area (Å²) in [4.78, 5) is 10.9. The van der Waals surface area contributed by atoms with Gasteiger partial charge in [0.1, 0.15) is 0 Å². The van der Waals surface area contributed by atoms with Crippen LogP contribution in [0.3, 0.4) is 0 Å². The first kappa shape index (κ1) is 11.2. The van der Waals surface area contributed by atoms with Crippen LogP contribution in [0.25, 0.3) is 0 Å². The Balaban J connectivity index is 2.43. The van der Waals surface area contributed by atoms with Crippen LogP contribution < -0.4 is 0 Å². The number of rotatable bonds is 4. The van der Waals surface area contributed by atoms with Gasteiger partial charge in [0.2, 0.25) is 0 Å². The van der Waals surface area contributed by atoms with E-state index in [1.807, 2.05) is 0 Å². The maximum Gasteiger partial charge on any atom is 0.330 e. The summed E-state index contributed by atoms with van der Waals surface area (Å²) in [5, 5.41) is 0. The van der Waals surface area contributed by atoms with E-state index in [0.29, 0.717) is 13.2 Å². The molecule has 0 amide bonds. The molecule has 0 saturated carbocycles. The zero-order valence-electron chi connectivity index (χ0n) is 8.75. The standard InChI is InChI=1S/C11H18O3/c1-3-10(12)14-9-11(4-2)6-5-7-13-8-11/h3H,1,4-9H2,2H3. The lowest BCUT2D eigenvalue weighted by Gasteiger charge is -2.35. The second-order valence-electron chi connectivity index (χ2n) is 3.82. The Kier molecular flexibility index (Phi) is 4.14. The van der Waals surface area contributed by atoms with Crippen molar-refractivity contribution in [3.8, 4) is 0 Å². The van der Waals surface area contributed by atoms with E-state index in [1.54, 1.807) is 0 Å². The summed E-state index contributed by atoms with van der Waals surface area (Å²) in [6, 6.07) is 0. The number of esters is 1. The molecule has 3 heteroatoms. The van der Waals surface area contributed by atoms with Gasteiger partial charge < -0.3 is 9.47 Å². The van der Waals surface area contributed by atoms with Crippen LogP contribution in [0.1, 0.15) is 26.2 Å². The molecule has 1 rings (SSSR count). The molecule has 1 aliphatic rings. The molecule has 1 aliphatic heterocycles. The lowest BCUT2D eigenvalue weighted by atomic mass is 9.81. The normalized spacial score (nSPS) is 26.9. The summed E-state index contributed by atoms with van der Waals surface area (Å²) >= 11 is 0. The Bertz CT molecular complexity index is 205. The Morgan fingerprint density at radius 3 is 3.00 bits per heavy atom. The van der Waals surface area contributed by atoms with E-state index in [1.165, 1.54) is 6.08 Å². The number of carbonyl (C=O) groups excluding carboxylic acids is 1. The molecule has 1 atom stereocenters. The van der Waals surface area contributed by atoms with Crippen molar-refractivity contribution in [2.75, 3.05) is 19.8 Å². The van der Waals surface area contributed by atoms with Crippen LogP contribution >= 0.6 is 0 Å². The van der Waals surface area contributed by atoms with Crippen LogP contribution in [0.2, 0.25) is 0 Å². The molecule has 0 aliphatic carbocycles. The second kappa shape index (κ2) is 5.15. The number of hydrogen-bond donors (Lipinski definition) is 0. The summed E-state index contributed by atoms with van der Waals surface area (Å²) in [7, 11) is 0. The van der Waals surface area contributed by atoms with Gasteiger partial charge in [-0.1, -0.05) is 13.5 Å². The van der Waals surface area contributed by atoms with Gasteiger partial charge in [-0.15, -0.1) is 0 Å². The molecule has 0 aromatic heterocycles. The third kappa shape index (κ3) is 2.84. The van der Waals surface area contributed by atoms with Gasteiger partial charge in [-0.25, -0.2) is 4.79 Å². The van der Waals surface area contributed by atoms with E-state index < -0.39 is 0 Å². The average Bonchev–Trinajstić information content (AvgIpc) is 2.27. The van der Waals surface area contributed by atoms with Crippen molar-refractivity contribution < 1.29 is 14.3 Å². The summed E-state index contributed by atoms with van der Waals surface area (Å²) in [5.41, 5.74) is 0.0386. The van der Waals surface area contributed by atoms with Crippen LogP contribution in [-0.2, 0) is 14.3 Å². The van der Waals surface area contributed by atoms with Crippen LogP contribution in [0, 0.1) is 5.41 Å². The van der Waals surface area contributed by atoms with Gasteiger partial charge in [0.15, 0.2) is 0 Å². The summed E-state index contributed by atoms with van der Waals surface area (Å²) in [6.45, 7) is 7.46. The molecule has 14 heavy (non-hydrogen) atoms. The molecule has 0 aromatic rings. The second-order valence-corrected chi connectivity index (χ2v) is 3.82. The first-order chi connectivity index (χ1) is 6.72. The SMILES string of the molecule is C=CC(=O)OCC1(CC)CCCOC1. The van der Waals surface area contributed by atoms with Crippen LogP contribution in [-0.4, -0.2) is 25.8 Å². The molecule has 0 aromatic carbocycles. The third-order valence-corrected chi connectivity index (χ3v) is 2.84. The lowest BCUT2D eigenvalue weighted by molar-refractivity contribution is -0.145. The summed E-state index contributed by atoms with van der Waals surface area (Å²) < 4.78 is 10.5. The fourth-order valence-corrected chi connectivity index (χ4v) is 1.69. The number of carbonyl (C=O) groups is 1. The molecular weight excluding hydrogens is 180 g/mol. The minimum Gasteiger partial charge on any atom is -0.462 e. The van der Waals surface area contributed by atoms with Gasteiger partial charge in [0.05, 0.1) is 13.2 Å². The Hall–Kier alpha value is -0.830. The van der Waals surface area contributed by atoms with E-state index in [2.05, 4.69) is 13.5 Å². The molecule has 1 fully saturated rings. The van der Waals surface area contributed by atoms with Gasteiger partial charge in [0.25, 0.3) is 0 Å². The predicted octanol–water partition coefficient (Wildman–Crippen LogP) is 1.92. The maximum atomic E-state index is 10.9. The molecule has 0 radical (unpaired) electrons. The van der Waals surface area contributed by atoms with Crippen molar-refractivity contribution in [2.24, 2.45) is 5.41 Å². The van der Waals surface area contributed by atoms with Crippen LogP contribution in [0.15, 0.2) is 12.7 Å². The minimum atomic E-state index is -0.344. The van der Waals surface area contributed by atoms with Gasteiger partial charge in [-0.05, 0) is 19.3 Å². The van der Waals surface area contributed by atoms with E-state index in [9.17, 15) is 4.79 Å². The molecule has 0 bridgehead atoms. The van der Waals surface area contributed by atoms with E-state index >= 15 is 0 Å². The Morgan fingerprint density at radius 1 is 1.71 bits per heavy atom. The molecule has 0 N–H and O–H groups in total. The molecule has 1 saturated heterocycles. The molecule has 80 valence electrons. The average molecular weight is 198 g/mol. The first-order valence-corrected chi connectivity index (χ1v) is 5.09. The fourth-order valence-electron chi connectivity index (χ4n) is 1.69. The Labute approximate surface area is 85.1 Å². The monoisotopic (exact) mass is 198 g/mol. The van der Waals surface area contributed by atoms with Gasteiger partial charge >= 0.3 is 5.97 Å². The highest BCUT2D eigenvalue weighted by molar-refractivity contribution is 5.81. The van der Waals surface area contributed by atoms with Gasteiger partial charge in [-0.3, -0.25) is 0 Å². The molecule has 1 unspecified atom stereocenters. The summed E-state index contributed by atoms with van der Waals surface area (Å²) in [5.74, 6) is -0.344. The van der Waals surface area contributed by atoms with Gasteiger partial charge in [-0.2, -0.15) is 0 Å². The topological polar surface area (TPSA) is 35.5 Å². The largest absolute Gasteiger partial charge is 0.462 e. The van der Waals surface area contributed by atoms with E-state index in [4.69, 9.17) is 9.47 Å². The van der Waals surface area contributed by atoms with Crippen molar-refractivity contribution in [2.45, 2.75) is 26.2 Å². The van der Waals surface area contributed by atoms with Crippen molar-refractivity contribution in [1.82, 2.24) is 0 Å². The van der Waals surface area contributed by atoms with Crippen molar-refractivity contribution in [1.29, 1.82) is 0 Å². The zero-order chi connectivity index (χ0) is 10.4. The Morgan fingerprint density at radius 2 is 2.50 bits per heavy atom. The lowest BCUT2D eigenvalue weighted by Crippen LogP contribution is -2.36. The van der Waals surface area contributed by atoms with Crippen molar-refractivity contribution in [3.05, 3.63) is 12.7 Å². The minimum absolute atomic E-state index is 0.0386. The van der Waals surface area contributed by atoms with E-state index in [0.717, 1.165) is 25.9 Å². The van der Waals surface area contributed by atoms with E-state index in [-0.39, 0.29) is 11.4 Å².